The number of nitrogens with zero attached hydrogens (tertiary/aromatic N) is 3. The zero-order valence-corrected chi connectivity index (χ0v) is 18.3. The van der Waals surface area contributed by atoms with Crippen LogP contribution >= 0.6 is 0 Å². The van der Waals surface area contributed by atoms with Crippen LogP contribution < -0.4 is 5.32 Å². The van der Waals surface area contributed by atoms with Crippen molar-refractivity contribution in [1.82, 2.24) is 14.7 Å². The number of carbonyl (C=O) groups excluding carboxylic acids is 2. The number of para-hydroxylation sites is 1. The van der Waals surface area contributed by atoms with Crippen LogP contribution in [0.15, 0.2) is 30.3 Å². The van der Waals surface area contributed by atoms with E-state index < -0.39 is 0 Å². The van der Waals surface area contributed by atoms with Gasteiger partial charge in [-0.05, 0) is 49.7 Å². The minimum Gasteiger partial charge on any atom is -0.341 e. The maximum absolute atomic E-state index is 13.5. The molecule has 1 unspecified atom stereocenters. The summed E-state index contributed by atoms with van der Waals surface area (Å²) in [6.45, 7) is 7.00. The van der Waals surface area contributed by atoms with Crippen molar-refractivity contribution >= 4 is 17.6 Å². The average molecular weight is 413 g/mol. The van der Waals surface area contributed by atoms with Gasteiger partial charge in [-0.3, -0.25) is 9.69 Å². The smallest absolute Gasteiger partial charge is 0.321 e. The van der Waals surface area contributed by atoms with Gasteiger partial charge in [0, 0.05) is 45.0 Å². The molecule has 0 aromatic heterocycles. The molecule has 6 nitrogen and oxygen atoms in total. The lowest BCUT2D eigenvalue weighted by atomic mass is 9.92. The van der Waals surface area contributed by atoms with Crippen molar-refractivity contribution in [2.75, 3.05) is 44.6 Å². The number of hydrogen-bond acceptors (Lipinski definition) is 3. The summed E-state index contributed by atoms with van der Waals surface area (Å²) in [4.78, 5) is 32.5. The SMILES string of the molecule is CC1CCN(C(=O)C(C2CCCC2)N2CCN(C(=O)Nc3ccccc3)CC2)CC1. The molecule has 1 aromatic carbocycles. The maximum atomic E-state index is 13.5. The molecule has 4 rings (SSSR count). The third-order valence-corrected chi connectivity index (χ3v) is 7.21. The lowest BCUT2D eigenvalue weighted by Gasteiger charge is -2.43. The summed E-state index contributed by atoms with van der Waals surface area (Å²) in [5.41, 5.74) is 0.822. The van der Waals surface area contributed by atoms with E-state index in [1.54, 1.807) is 0 Å². The van der Waals surface area contributed by atoms with Gasteiger partial charge < -0.3 is 15.1 Å². The van der Waals surface area contributed by atoms with E-state index in [1.165, 1.54) is 12.8 Å². The van der Waals surface area contributed by atoms with Gasteiger partial charge in [-0.2, -0.15) is 0 Å². The fourth-order valence-corrected chi connectivity index (χ4v) is 5.27. The van der Waals surface area contributed by atoms with Gasteiger partial charge in [-0.1, -0.05) is 38.0 Å². The van der Waals surface area contributed by atoms with Gasteiger partial charge in [-0.15, -0.1) is 0 Å². The van der Waals surface area contributed by atoms with E-state index in [0.29, 0.717) is 24.9 Å². The van der Waals surface area contributed by atoms with Crippen LogP contribution in [0.4, 0.5) is 10.5 Å². The first-order valence-electron chi connectivity index (χ1n) is 11.8. The summed E-state index contributed by atoms with van der Waals surface area (Å²) in [5, 5.41) is 2.98. The van der Waals surface area contributed by atoms with Gasteiger partial charge in [0.05, 0.1) is 6.04 Å². The zero-order valence-electron chi connectivity index (χ0n) is 18.3. The molecule has 6 heteroatoms. The summed E-state index contributed by atoms with van der Waals surface area (Å²) in [7, 11) is 0. The van der Waals surface area contributed by atoms with Crippen LogP contribution in [0.2, 0.25) is 0 Å². The highest BCUT2D eigenvalue weighted by Crippen LogP contribution is 2.32. The van der Waals surface area contributed by atoms with E-state index in [0.717, 1.165) is 63.5 Å². The predicted octanol–water partition coefficient (Wildman–Crippen LogP) is 3.65. The largest absolute Gasteiger partial charge is 0.341 e. The van der Waals surface area contributed by atoms with Gasteiger partial charge in [-0.25, -0.2) is 4.79 Å². The quantitative estimate of drug-likeness (QED) is 0.821. The number of nitrogens with one attached hydrogen (secondary N) is 1. The van der Waals surface area contributed by atoms with Crippen LogP contribution in [0, 0.1) is 11.8 Å². The van der Waals surface area contributed by atoms with Crippen LogP contribution in [-0.4, -0.2) is 71.9 Å². The second-order valence-electron chi connectivity index (χ2n) is 9.32. The van der Waals surface area contributed by atoms with Crippen LogP contribution in [0.3, 0.4) is 0 Å². The summed E-state index contributed by atoms with van der Waals surface area (Å²) < 4.78 is 0. The molecule has 2 heterocycles. The van der Waals surface area contributed by atoms with Crippen molar-refractivity contribution in [1.29, 1.82) is 0 Å². The van der Waals surface area contributed by atoms with E-state index in [-0.39, 0.29) is 12.1 Å². The minimum atomic E-state index is -0.0467. The molecule has 3 amide bonds. The molecular formula is C24H36N4O2. The molecule has 0 bridgehead atoms. The Morgan fingerprint density at radius 3 is 2.13 bits per heavy atom. The third-order valence-electron chi connectivity index (χ3n) is 7.21. The molecule has 1 saturated carbocycles. The first kappa shape index (κ1) is 21.2. The van der Waals surface area contributed by atoms with Crippen molar-refractivity contribution in [3.8, 4) is 0 Å². The van der Waals surface area contributed by atoms with Gasteiger partial charge in [0.15, 0.2) is 0 Å². The van der Waals surface area contributed by atoms with Crippen molar-refractivity contribution < 1.29 is 9.59 Å². The maximum Gasteiger partial charge on any atom is 0.321 e. The third kappa shape index (κ3) is 4.97. The van der Waals surface area contributed by atoms with Crippen molar-refractivity contribution in [3.05, 3.63) is 30.3 Å². The van der Waals surface area contributed by atoms with E-state index >= 15 is 0 Å². The Balaban J connectivity index is 1.37. The lowest BCUT2D eigenvalue weighted by molar-refractivity contribution is -0.141. The molecule has 0 radical (unpaired) electrons. The second kappa shape index (κ2) is 9.82. The Morgan fingerprint density at radius 1 is 0.867 bits per heavy atom. The molecule has 1 aromatic rings. The number of urea groups is 1. The topological polar surface area (TPSA) is 55.9 Å². The van der Waals surface area contributed by atoms with E-state index in [9.17, 15) is 9.59 Å². The Hall–Kier alpha value is -2.08. The summed E-state index contributed by atoms with van der Waals surface area (Å²) in [5.74, 6) is 1.54. The molecular weight excluding hydrogens is 376 g/mol. The van der Waals surface area contributed by atoms with E-state index in [1.807, 2.05) is 35.2 Å². The Kier molecular flexibility index (Phi) is 6.93. The van der Waals surface area contributed by atoms with Crippen molar-refractivity contribution in [2.24, 2.45) is 11.8 Å². The van der Waals surface area contributed by atoms with Crippen LogP contribution in [0.25, 0.3) is 0 Å². The van der Waals surface area contributed by atoms with Crippen LogP contribution in [0.1, 0.15) is 45.4 Å². The zero-order chi connectivity index (χ0) is 20.9. The predicted molar refractivity (Wildman–Crippen MR) is 119 cm³/mol. The molecule has 3 aliphatic rings. The molecule has 30 heavy (non-hydrogen) atoms. The number of piperidine rings is 1. The number of benzene rings is 1. The van der Waals surface area contributed by atoms with Crippen molar-refractivity contribution in [3.63, 3.8) is 0 Å². The second-order valence-corrected chi connectivity index (χ2v) is 9.32. The number of anilines is 1. The van der Waals surface area contributed by atoms with Gasteiger partial charge in [0.25, 0.3) is 0 Å². The summed E-state index contributed by atoms with van der Waals surface area (Å²) >= 11 is 0. The standard InChI is InChI=1S/C24H36N4O2/c1-19-11-13-27(14-12-19)23(29)22(20-7-5-6-8-20)26-15-17-28(18-16-26)24(30)25-21-9-3-2-4-10-21/h2-4,9-10,19-20,22H,5-8,11-18H2,1H3,(H,25,30). The number of hydrogen-bond donors (Lipinski definition) is 1. The normalized spacial score (nSPS) is 22.8. The van der Waals surface area contributed by atoms with E-state index in [2.05, 4.69) is 22.0 Å². The fraction of sp³-hybridized carbons (Fsp3) is 0.667. The highest BCUT2D eigenvalue weighted by atomic mass is 16.2. The lowest BCUT2D eigenvalue weighted by Crippen LogP contribution is -2.59. The number of rotatable bonds is 4. The first-order valence-corrected chi connectivity index (χ1v) is 11.8. The molecule has 2 aliphatic heterocycles. The van der Waals surface area contributed by atoms with Crippen molar-refractivity contribution in [2.45, 2.75) is 51.5 Å². The van der Waals surface area contributed by atoms with Crippen LogP contribution in [0.5, 0.6) is 0 Å². The molecule has 1 N–H and O–H groups in total. The highest BCUT2D eigenvalue weighted by Gasteiger charge is 2.39. The first-order chi connectivity index (χ1) is 14.6. The Labute approximate surface area is 180 Å². The molecule has 3 fully saturated rings. The number of carbonyl (C=O) groups is 2. The van der Waals surface area contributed by atoms with E-state index in [4.69, 9.17) is 0 Å². The van der Waals surface area contributed by atoms with Gasteiger partial charge >= 0.3 is 6.03 Å². The Bertz CT molecular complexity index is 703. The average Bonchev–Trinajstić information content (AvgIpc) is 3.30. The van der Waals surface area contributed by atoms with Crippen LogP contribution in [-0.2, 0) is 4.79 Å². The van der Waals surface area contributed by atoms with Gasteiger partial charge in [0.1, 0.15) is 0 Å². The Morgan fingerprint density at radius 2 is 1.50 bits per heavy atom. The summed E-state index contributed by atoms with van der Waals surface area (Å²) in [6.07, 6.45) is 7.05. The fourth-order valence-electron chi connectivity index (χ4n) is 5.27. The molecule has 2 saturated heterocycles. The molecule has 1 aliphatic carbocycles. The number of likely N-dealkylation sites (tertiary alicyclic amines) is 1. The molecule has 0 spiro atoms. The van der Waals surface area contributed by atoms with Gasteiger partial charge in [0.2, 0.25) is 5.91 Å². The number of amides is 3. The molecule has 1 atom stereocenters. The summed E-state index contributed by atoms with van der Waals surface area (Å²) in [6, 6.07) is 9.55. The highest BCUT2D eigenvalue weighted by molar-refractivity contribution is 5.89. The number of piperazine rings is 1. The minimum absolute atomic E-state index is 0.000223. The monoisotopic (exact) mass is 412 g/mol. The molecule has 164 valence electrons.